The Morgan fingerprint density at radius 2 is 1.82 bits per heavy atom. The normalized spacial score (nSPS) is 25.6. The fourth-order valence-electron chi connectivity index (χ4n) is 3.18. The molecule has 0 radical (unpaired) electrons. The van der Waals surface area contributed by atoms with Crippen LogP contribution in [-0.4, -0.2) is 25.0 Å². The van der Waals surface area contributed by atoms with Gasteiger partial charge in [0.25, 0.3) is 0 Å². The first-order chi connectivity index (χ1) is 10.7. The van der Waals surface area contributed by atoms with Crippen LogP contribution in [0.2, 0.25) is 0 Å². The van der Waals surface area contributed by atoms with Crippen molar-refractivity contribution in [1.82, 2.24) is 0 Å². The van der Waals surface area contributed by atoms with E-state index in [-0.39, 0.29) is 12.1 Å². The molecule has 1 aromatic carbocycles. The molecule has 2 unspecified atom stereocenters. The number of hydrogen-bond acceptors (Lipinski definition) is 4. The highest BCUT2D eigenvalue weighted by molar-refractivity contribution is 5.76. The number of carbonyl (C=O) groups is 1. The van der Waals surface area contributed by atoms with Crippen molar-refractivity contribution in [3.63, 3.8) is 0 Å². The smallest absolute Gasteiger partial charge is 0.338 e. The maximum absolute atomic E-state index is 12.0. The quantitative estimate of drug-likeness (QED) is 0.777. The predicted octanol–water partition coefficient (Wildman–Crippen LogP) is 3.92. The van der Waals surface area contributed by atoms with Gasteiger partial charge in [0, 0.05) is 12.8 Å². The highest BCUT2D eigenvalue weighted by atomic mass is 16.8. The third-order valence-corrected chi connectivity index (χ3v) is 4.25. The molecule has 3 rings (SSSR count). The third-order valence-electron chi connectivity index (χ3n) is 4.25. The molecular formula is C18H26O4. The summed E-state index contributed by atoms with van der Waals surface area (Å²) in [6.45, 7) is 6.02. The lowest BCUT2D eigenvalue weighted by atomic mass is 10.00. The molecule has 22 heavy (non-hydrogen) atoms. The van der Waals surface area contributed by atoms with E-state index < -0.39 is 11.9 Å². The Labute approximate surface area is 132 Å². The Kier molecular flexibility index (Phi) is 5.59. The Morgan fingerprint density at radius 1 is 1.18 bits per heavy atom. The summed E-state index contributed by atoms with van der Waals surface area (Å²) in [5.41, 5.74) is 2.11. The highest BCUT2D eigenvalue weighted by Crippen LogP contribution is 2.47. The molecule has 2 atom stereocenters. The molecule has 1 aromatic rings. The van der Waals surface area contributed by atoms with E-state index in [0.29, 0.717) is 0 Å². The topological polar surface area (TPSA) is 44.8 Å². The average Bonchev–Trinajstić information content (AvgIpc) is 3.17. The average molecular weight is 306 g/mol. The van der Waals surface area contributed by atoms with Gasteiger partial charge >= 0.3 is 5.97 Å². The van der Waals surface area contributed by atoms with Crippen LogP contribution in [0.5, 0.6) is 0 Å². The first-order valence-corrected chi connectivity index (χ1v) is 8.14. The van der Waals surface area contributed by atoms with Crippen molar-refractivity contribution in [2.75, 3.05) is 7.11 Å². The number of methoxy groups -OCH3 is 1. The van der Waals surface area contributed by atoms with E-state index >= 15 is 0 Å². The van der Waals surface area contributed by atoms with Gasteiger partial charge in [0.2, 0.25) is 0 Å². The van der Waals surface area contributed by atoms with Crippen molar-refractivity contribution in [3.8, 4) is 0 Å². The Hall–Kier alpha value is -1.39. The van der Waals surface area contributed by atoms with Gasteiger partial charge in [-0.05, 0) is 30.9 Å². The second kappa shape index (κ2) is 7.25. The van der Waals surface area contributed by atoms with E-state index in [1.54, 1.807) is 0 Å². The molecule has 0 bridgehead atoms. The Bertz CT molecular complexity index is 506. The van der Waals surface area contributed by atoms with Gasteiger partial charge in [-0.15, -0.1) is 0 Å². The summed E-state index contributed by atoms with van der Waals surface area (Å²) < 4.78 is 17.1. The van der Waals surface area contributed by atoms with Crippen molar-refractivity contribution >= 4 is 5.97 Å². The molecule has 1 aliphatic carbocycles. The summed E-state index contributed by atoms with van der Waals surface area (Å²) in [5.74, 6) is -0.951. The van der Waals surface area contributed by atoms with Gasteiger partial charge in [-0.25, -0.2) is 4.79 Å². The second-order valence-electron chi connectivity index (χ2n) is 5.57. The zero-order chi connectivity index (χ0) is 16.2. The number of aryl methyl sites for hydroxylation is 1. The van der Waals surface area contributed by atoms with E-state index in [4.69, 9.17) is 14.2 Å². The molecule has 2 aliphatic rings. The fourth-order valence-corrected chi connectivity index (χ4v) is 3.18. The molecule has 4 nitrogen and oxygen atoms in total. The van der Waals surface area contributed by atoms with Crippen LogP contribution in [0.4, 0.5) is 0 Å². The maximum Gasteiger partial charge on any atom is 0.338 e. The summed E-state index contributed by atoms with van der Waals surface area (Å²) >= 11 is 0. The molecule has 0 N–H and O–H groups in total. The van der Waals surface area contributed by atoms with Crippen LogP contribution in [0.1, 0.15) is 56.8 Å². The van der Waals surface area contributed by atoms with Crippen LogP contribution in [0.15, 0.2) is 24.3 Å². The number of rotatable bonds is 2. The van der Waals surface area contributed by atoms with Gasteiger partial charge < -0.3 is 14.2 Å². The minimum atomic E-state index is -0.667. The van der Waals surface area contributed by atoms with Crippen molar-refractivity contribution in [2.24, 2.45) is 0 Å². The van der Waals surface area contributed by atoms with Crippen molar-refractivity contribution in [3.05, 3.63) is 35.4 Å². The number of hydrogen-bond donors (Lipinski definition) is 0. The molecule has 1 saturated carbocycles. The second-order valence-corrected chi connectivity index (χ2v) is 5.57. The number of carbonyl (C=O) groups excluding carboxylic acids is 1. The molecule has 4 heteroatoms. The molecule has 2 fully saturated rings. The van der Waals surface area contributed by atoms with Crippen LogP contribution < -0.4 is 0 Å². The first kappa shape index (κ1) is 17.0. The van der Waals surface area contributed by atoms with E-state index in [0.717, 1.165) is 36.8 Å². The van der Waals surface area contributed by atoms with Crippen molar-refractivity contribution in [2.45, 2.75) is 64.4 Å². The minimum absolute atomic E-state index is 0.359. The monoisotopic (exact) mass is 306 g/mol. The summed E-state index contributed by atoms with van der Waals surface area (Å²) in [6, 6.07) is 7.95. The lowest BCUT2D eigenvalue weighted by Crippen LogP contribution is -2.30. The van der Waals surface area contributed by atoms with Crippen LogP contribution in [0, 0.1) is 6.92 Å². The highest BCUT2D eigenvalue weighted by Gasteiger charge is 2.52. The van der Waals surface area contributed by atoms with Crippen molar-refractivity contribution in [1.29, 1.82) is 0 Å². The summed E-state index contributed by atoms with van der Waals surface area (Å²) in [7, 11) is 1.39. The van der Waals surface area contributed by atoms with Gasteiger partial charge in [-0.3, -0.25) is 0 Å². The molecule has 1 heterocycles. The Balaban J connectivity index is 0.000000847. The standard InChI is InChI=1S/C16H20O4.C2H6/c1-11-7-3-4-8-12(11)13-14(15(17)18-2)20-16(19-13)9-5-6-10-16;1-2/h3-4,7-8,13-14H,5-6,9-10H2,1-2H3;1-2H3. The summed E-state index contributed by atoms with van der Waals surface area (Å²) in [5, 5.41) is 0. The number of benzene rings is 1. The molecule has 1 spiro atoms. The lowest BCUT2D eigenvalue weighted by Gasteiger charge is -2.22. The minimum Gasteiger partial charge on any atom is -0.467 e. The molecule has 1 aliphatic heterocycles. The molecule has 0 aromatic heterocycles. The van der Waals surface area contributed by atoms with Crippen LogP contribution in [-0.2, 0) is 19.0 Å². The molecule has 0 amide bonds. The SMILES string of the molecule is CC.COC(=O)C1OC2(CCCC2)OC1c1ccccc1C. The van der Waals surface area contributed by atoms with Gasteiger partial charge in [0.05, 0.1) is 7.11 Å². The maximum atomic E-state index is 12.0. The van der Waals surface area contributed by atoms with Crippen LogP contribution >= 0.6 is 0 Å². The predicted molar refractivity (Wildman–Crippen MR) is 84.4 cm³/mol. The molecule has 1 saturated heterocycles. The van der Waals surface area contributed by atoms with E-state index in [9.17, 15) is 4.79 Å². The first-order valence-electron chi connectivity index (χ1n) is 8.14. The van der Waals surface area contributed by atoms with Crippen molar-refractivity contribution < 1.29 is 19.0 Å². The summed E-state index contributed by atoms with van der Waals surface area (Å²) in [4.78, 5) is 12.0. The molecule has 122 valence electrons. The van der Waals surface area contributed by atoms with Gasteiger partial charge in [0.1, 0.15) is 6.10 Å². The van der Waals surface area contributed by atoms with E-state index in [1.165, 1.54) is 7.11 Å². The zero-order valence-corrected chi connectivity index (χ0v) is 13.9. The molecular weight excluding hydrogens is 280 g/mol. The van der Waals surface area contributed by atoms with Gasteiger partial charge in [-0.2, -0.15) is 0 Å². The van der Waals surface area contributed by atoms with E-state index in [1.807, 2.05) is 45.0 Å². The number of esters is 1. The van der Waals surface area contributed by atoms with Gasteiger partial charge in [-0.1, -0.05) is 38.1 Å². The zero-order valence-electron chi connectivity index (χ0n) is 13.9. The van der Waals surface area contributed by atoms with Crippen LogP contribution in [0.25, 0.3) is 0 Å². The van der Waals surface area contributed by atoms with Gasteiger partial charge in [0.15, 0.2) is 11.9 Å². The Morgan fingerprint density at radius 3 is 2.41 bits per heavy atom. The van der Waals surface area contributed by atoms with E-state index in [2.05, 4.69) is 0 Å². The number of ether oxygens (including phenoxy) is 3. The summed E-state index contributed by atoms with van der Waals surface area (Å²) in [6.07, 6.45) is 2.81. The third kappa shape index (κ3) is 3.18. The fraction of sp³-hybridized carbons (Fsp3) is 0.611. The van der Waals surface area contributed by atoms with Crippen LogP contribution in [0.3, 0.4) is 0 Å². The lowest BCUT2D eigenvalue weighted by molar-refractivity contribution is -0.180. The largest absolute Gasteiger partial charge is 0.467 e.